The highest BCUT2D eigenvalue weighted by atomic mass is 19.4. The number of esters is 4. The predicted molar refractivity (Wildman–Crippen MR) is 470 cm³/mol. The number of cyclic esters (lactones) is 4. The molecule has 0 saturated carbocycles. The Balaban J connectivity index is 0.000000167. The van der Waals surface area contributed by atoms with Gasteiger partial charge in [0.2, 0.25) is 0 Å². The normalized spacial score (nSPS) is 13.4. The Kier molecular flexibility index (Phi) is 28.3. The molecule has 12 aromatic rings. The Bertz CT molecular complexity index is 6750. The number of aromatic carboxylic acids is 1. The number of aryl methyl sites for hydroxylation is 8. The number of carboxylic acids is 1. The van der Waals surface area contributed by atoms with Crippen molar-refractivity contribution in [3.63, 3.8) is 0 Å². The number of carbonyl (C=O) groups excluding carboxylic acids is 12. The molecule has 4 aliphatic rings. The van der Waals surface area contributed by atoms with Crippen molar-refractivity contribution in [2.75, 3.05) is 23.4 Å². The van der Waals surface area contributed by atoms with E-state index in [4.69, 9.17) is 35.3 Å². The van der Waals surface area contributed by atoms with E-state index in [9.17, 15) is 97.4 Å². The van der Waals surface area contributed by atoms with Crippen molar-refractivity contribution < 1.29 is 131 Å². The number of carbonyl (C=O) groups is 11. The van der Waals surface area contributed by atoms with Gasteiger partial charge in [0.25, 0.3) is 23.6 Å². The van der Waals surface area contributed by atoms with Crippen LogP contribution in [-0.2, 0) is 25.5 Å². The third-order valence-electron chi connectivity index (χ3n) is 22.7. The van der Waals surface area contributed by atoms with E-state index in [2.05, 4.69) is 9.47 Å². The second-order valence-electron chi connectivity index (χ2n) is 31.7. The Morgan fingerprint density at radius 1 is 0.358 bits per heavy atom. The molecular weight excluding hydrogens is 1760 g/mol. The van der Waals surface area contributed by atoms with Crippen molar-refractivity contribution in [1.29, 1.82) is 0 Å². The fourth-order valence-electron chi connectivity index (χ4n) is 15.3. The summed E-state index contributed by atoms with van der Waals surface area (Å²) in [6.07, 6.45) is -13.0. The van der Waals surface area contributed by atoms with Crippen LogP contribution in [0.1, 0.15) is 228 Å². The molecule has 0 spiro atoms. The summed E-state index contributed by atoms with van der Waals surface area (Å²) in [6.45, 7) is 15.5. The minimum Gasteiger partial charge on any atom is -0.478 e. The first-order chi connectivity index (χ1) is 63.2. The number of hydrogen-bond acceptors (Lipinski definition) is 20. The number of carboxylic acid groups (broad SMARTS) is 1. The number of ketones is 2. The number of nitrogen functional groups attached to an aromatic ring is 2. The Morgan fingerprint density at radius 3 is 1.09 bits per heavy atom. The maximum absolute atomic E-state index is 14.3. The Labute approximate surface area is 758 Å². The number of nitrogens with two attached hydrogens (primary N) is 2. The number of halogens is 9. The highest BCUT2D eigenvalue weighted by Crippen LogP contribution is 2.47. The zero-order chi connectivity index (χ0) is 97.8. The number of Topliss-reactive ketones (excluding diaryl/α,β-unsaturated/α-hetero) is 2. The van der Waals surface area contributed by atoms with Crippen LogP contribution in [0.2, 0.25) is 0 Å². The molecule has 0 aliphatic carbocycles. The number of fused-ring (bicyclic) bond motifs is 4. The van der Waals surface area contributed by atoms with Crippen molar-refractivity contribution >= 4 is 88.3 Å². The first-order valence-electron chi connectivity index (χ1n) is 40.8. The lowest BCUT2D eigenvalue weighted by Crippen LogP contribution is -2.30. The van der Waals surface area contributed by atoms with Crippen LogP contribution in [0.15, 0.2) is 224 Å². The summed E-state index contributed by atoms with van der Waals surface area (Å²) in [5.74, 6) is -10.5. The second kappa shape index (κ2) is 39.2. The molecule has 134 heavy (non-hydrogen) atoms. The molecule has 2 atom stereocenters. The average Bonchev–Trinajstić information content (AvgIpc) is 1.59. The first kappa shape index (κ1) is 96.8. The lowest BCUT2D eigenvalue weighted by Gasteiger charge is -2.24. The molecule has 684 valence electrons. The monoisotopic (exact) mass is 1830 g/mol. The van der Waals surface area contributed by atoms with E-state index in [1.54, 1.807) is 97.0 Å². The summed E-state index contributed by atoms with van der Waals surface area (Å²) in [5, 5.41) is 9.49. The van der Waals surface area contributed by atoms with Gasteiger partial charge in [0.1, 0.15) is 52.3 Å². The smallest absolute Gasteiger partial charge is 0.399 e. The summed E-state index contributed by atoms with van der Waals surface area (Å²) in [4.78, 5) is 152. The van der Waals surface area contributed by atoms with E-state index in [1.807, 2.05) is 13.8 Å². The van der Waals surface area contributed by atoms with E-state index in [-0.39, 0.29) is 154 Å². The van der Waals surface area contributed by atoms with Crippen LogP contribution >= 0.6 is 0 Å². The fraction of sp³-hybridized carbons (Fsp3) is 0.176. The molecule has 12 aromatic carbocycles. The van der Waals surface area contributed by atoms with E-state index >= 15 is 0 Å². The van der Waals surface area contributed by atoms with Gasteiger partial charge in [-0.05, 0) is 272 Å². The van der Waals surface area contributed by atoms with Gasteiger partial charge in [0, 0.05) is 42.4 Å². The van der Waals surface area contributed by atoms with E-state index < -0.39 is 89.8 Å². The third-order valence-corrected chi connectivity index (χ3v) is 22.7. The number of hydrogen-bond donors (Lipinski definition) is 3. The van der Waals surface area contributed by atoms with E-state index in [0.717, 1.165) is 32.1 Å². The summed E-state index contributed by atoms with van der Waals surface area (Å²) in [7, 11) is 1.38. The largest absolute Gasteiger partial charge is 0.478 e. The number of imide groups is 2. The summed E-state index contributed by atoms with van der Waals surface area (Å²) < 4.78 is 152. The Hall–Kier alpha value is -16.2. The topological polar surface area (TPSA) is 347 Å². The molecule has 16 rings (SSSR count). The minimum absolute atomic E-state index is 0.00152. The van der Waals surface area contributed by atoms with Crippen molar-refractivity contribution in [3.8, 4) is 34.5 Å². The standard InChI is InChI=1S/C35H31F3O5.C34H25F3N2O5.C16H17F3N2.C16H6O7.CO2/c1-5-31(39)29-15-14-28(19-30(29)34(41)42)43-27-12-10-23(11-13-27)32(40)18-24-8-9-26(17-22(24)4)33(35(36,37)38)25-7-6-20(2)21(3)16-25;1-17-5-6-20(13-18(17)2)29(34(35,36)37)21-7-12-28(19(3)14-21)39-32(42)25-11-9-23(16-27(25)33(39)43)44-22-8-10-24-26(15-22)31(41)38(4)30(24)40;1-9-7-11(3-5-13(9)20)15(16(17,18)19)12-4-6-14(21)10(2)8-12;17-13-9-3-1-7(5-11(9)15(19)22-13)21-8-2-4-10-12(6-8)16(20)23-14(10)18;2-1-3/h6-17,19,33H,5,18H2,1-4H3,(H,41,42);5-16,29H,1-4H3;3-8,15H,20-21H2,1-2H3;1-6H;. The van der Waals surface area contributed by atoms with E-state index in [0.29, 0.717) is 50.5 Å². The van der Waals surface area contributed by atoms with Gasteiger partial charge in [-0.1, -0.05) is 97.9 Å². The lowest BCUT2D eigenvalue weighted by molar-refractivity contribution is -0.192. The average molecular weight is 1840 g/mol. The molecule has 0 aromatic heterocycles. The van der Waals surface area contributed by atoms with Gasteiger partial charge in [0.15, 0.2) is 11.6 Å². The number of anilines is 3. The second-order valence-corrected chi connectivity index (χ2v) is 31.7. The molecule has 0 radical (unpaired) electrons. The maximum atomic E-state index is 14.3. The molecule has 4 amide bonds. The highest BCUT2D eigenvalue weighted by molar-refractivity contribution is 6.35. The van der Waals surface area contributed by atoms with Crippen LogP contribution < -0.4 is 30.6 Å². The quantitative estimate of drug-likeness (QED) is 0.0169. The van der Waals surface area contributed by atoms with Crippen LogP contribution in [0.3, 0.4) is 0 Å². The SMILES string of the molecule is CCC(=O)c1ccc(Oc2ccc(C(=O)Cc3ccc(C(c4ccc(C)c(C)c4)C(F)(F)F)cc3C)cc2)cc1C(=O)O.Cc1cc(C(c2ccc(N)c(C)c2)C(F)(F)F)ccc1N.Cc1ccc(C(c2ccc(N3C(=O)c4ccc(Oc5ccc6c(c5)C(=O)N(C)C6=O)cc4C3=O)c(C)c2)C(F)(F)F)cc1C.O=C1OC(=O)c2cc(Oc3ccc4c(c3)C(=O)OC4=O)ccc21.O=C=O. The molecule has 0 saturated heterocycles. The minimum atomic E-state index is -4.57. The third kappa shape index (κ3) is 21.1. The van der Waals surface area contributed by atoms with Gasteiger partial charge in [-0.15, -0.1) is 0 Å². The zero-order valence-electron chi connectivity index (χ0n) is 72.8. The molecule has 4 heterocycles. The number of alkyl halides is 9. The van der Waals surface area contributed by atoms with Gasteiger partial charge in [-0.2, -0.15) is 49.1 Å². The lowest BCUT2D eigenvalue weighted by atomic mass is 9.86. The van der Waals surface area contributed by atoms with Crippen LogP contribution in [0.4, 0.5) is 56.6 Å². The van der Waals surface area contributed by atoms with E-state index in [1.165, 1.54) is 183 Å². The van der Waals surface area contributed by atoms with Gasteiger partial charge in [-0.3, -0.25) is 33.7 Å². The molecular formula is C102H79F9N4O19. The summed E-state index contributed by atoms with van der Waals surface area (Å²) >= 11 is 0. The first-order valence-corrected chi connectivity index (χ1v) is 40.8. The maximum Gasteiger partial charge on any atom is 0.399 e. The highest BCUT2D eigenvalue weighted by Gasteiger charge is 2.46. The molecule has 5 N–H and O–H groups in total. The number of rotatable bonds is 19. The Morgan fingerprint density at radius 2 is 0.687 bits per heavy atom. The van der Waals surface area contributed by atoms with Crippen molar-refractivity contribution in [3.05, 3.63) is 369 Å². The van der Waals surface area contributed by atoms with Gasteiger partial charge < -0.3 is 40.3 Å². The van der Waals surface area contributed by atoms with Gasteiger partial charge in [0.05, 0.1) is 55.8 Å². The van der Waals surface area contributed by atoms with Crippen LogP contribution in [0.25, 0.3) is 0 Å². The van der Waals surface area contributed by atoms with Crippen LogP contribution in [-0.4, -0.2) is 107 Å². The molecule has 32 heteroatoms. The predicted octanol–water partition coefficient (Wildman–Crippen LogP) is 21.6. The van der Waals surface area contributed by atoms with Crippen LogP contribution in [0.5, 0.6) is 34.5 Å². The number of amides is 4. The number of nitrogens with zero attached hydrogens (tertiary/aromatic N) is 2. The molecule has 4 aliphatic heterocycles. The summed E-state index contributed by atoms with van der Waals surface area (Å²) in [6, 6.07) is 54.6. The fourth-order valence-corrected chi connectivity index (χ4v) is 15.3. The van der Waals surface area contributed by atoms with Crippen molar-refractivity contribution in [2.45, 2.75) is 111 Å². The molecule has 23 nitrogen and oxygen atoms in total. The number of benzene rings is 12. The molecule has 0 fully saturated rings. The van der Waals surface area contributed by atoms with Crippen molar-refractivity contribution in [1.82, 2.24) is 4.90 Å². The van der Waals surface area contributed by atoms with Crippen LogP contribution in [0, 0.1) is 55.4 Å². The zero-order valence-corrected chi connectivity index (χ0v) is 72.8. The van der Waals surface area contributed by atoms with Gasteiger partial charge in [-0.25, -0.2) is 28.9 Å². The molecule has 0 bridgehead atoms. The number of ether oxygens (including phenoxy) is 5. The molecule has 2 unspecified atom stereocenters. The van der Waals surface area contributed by atoms with Gasteiger partial charge >= 0.3 is 54.5 Å². The summed E-state index contributed by atoms with van der Waals surface area (Å²) in [5.41, 5.74) is 20.9. The van der Waals surface area contributed by atoms with Crippen molar-refractivity contribution in [2.24, 2.45) is 0 Å².